The van der Waals surface area contributed by atoms with Crippen molar-refractivity contribution in [2.24, 2.45) is 0 Å². The molecule has 3 heterocycles. The monoisotopic (exact) mass is 449 g/mol. The molecule has 1 aliphatic heterocycles. The Hall–Kier alpha value is -2.77. The second-order valence-electron chi connectivity index (χ2n) is 9.52. The van der Waals surface area contributed by atoms with E-state index in [2.05, 4.69) is 42.6 Å². The molecule has 2 aromatic heterocycles. The summed E-state index contributed by atoms with van der Waals surface area (Å²) in [7, 11) is 0. The van der Waals surface area contributed by atoms with E-state index in [1.165, 1.54) is 11.3 Å². The normalized spacial score (nSPS) is 17.3. The highest BCUT2D eigenvalue weighted by molar-refractivity contribution is 6.06. The molecule has 0 aliphatic carbocycles. The van der Waals surface area contributed by atoms with Crippen molar-refractivity contribution in [3.63, 3.8) is 0 Å². The predicted octanol–water partition coefficient (Wildman–Crippen LogP) is 4.34. The van der Waals surface area contributed by atoms with Crippen LogP contribution < -0.4 is 5.32 Å². The second kappa shape index (κ2) is 9.61. The highest BCUT2D eigenvalue weighted by Gasteiger charge is 2.27. The quantitative estimate of drug-likeness (QED) is 0.606. The summed E-state index contributed by atoms with van der Waals surface area (Å²) >= 11 is 0. The Bertz CT molecular complexity index is 1150. The zero-order valence-corrected chi connectivity index (χ0v) is 20.6. The van der Waals surface area contributed by atoms with Gasteiger partial charge in [0.2, 0.25) is 0 Å². The summed E-state index contributed by atoms with van der Waals surface area (Å²) in [5.74, 6) is -0.0788. The maximum atomic E-state index is 12.9. The molecule has 4 rings (SSSR count). The third-order valence-electron chi connectivity index (χ3n) is 6.23. The lowest BCUT2D eigenvalue weighted by atomic mass is 10.0. The summed E-state index contributed by atoms with van der Waals surface area (Å²) in [4.78, 5) is 20.2. The number of aryl methyl sites for hydroxylation is 1. The first-order chi connectivity index (χ1) is 15.7. The third kappa shape index (κ3) is 4.94. The molecule has 1 aromatic carbocycles. The van der Waals surface area contributed by atoms with E-state index in [1.54, 1.807) is 0 Å². The largest absolute Gasteiger partial charge is 0.369 e. The Balaban J connectivity index is 1.61. The number of pyridine rings is 1. The van der Waals surface area contributed by atoms with Crippen LogP contribution in [0.2, 0.25) is 0 Å². The van der Waals surface area contributed by atoms with E-state index in [0.29, 0.717) is 18.2 Å². The van der Waals surface area contributed by atoms with Crippen LogP contribution in [0.3, 0.4) is 0 Å². The number of morpholine rings is 1. The number of nitrogens with zero attached hydrogens (tertiary/aromatic N) is 4. The zero-order chi connectivity index (χ0) is 23.7. The molecule has 1 amide bonds. The first-order valence-electron chi connectivity index (χ1n) is 11.8. The topological polar surface area (TPSA) is 72.3 Å². The van der Waals surface area contributed by atoms with E-state index >= 15 is 0 Å². The molecule has 7 heteroatoms. The standard InChI is InChI=1S/C26H35N5O2/c1-16(2)27-26(32)21-13-24(28-23-10-8-7-9-20(21)23)25-15-30(11-12-33-25)14-22-18(5)29-31(17(3)4)19(22)6/h7-10,13,16-17,25H,11-12,14-15H2,1-6H3,(H,27,32). The van der Waals surface area contributed by atoms with Crippen molar-refractivity contribution in [1.82, 2.24) is 25.0 Å². The number of benzene rings is 1. The lowest BCUT2D eigenvalue weighted by Crippen LogP contribution is -2.38. The van der Waals surface area contributed by atoms with E-state index in [4.69, 9.17) is 14.8 Å². The summed E-state index contributed by atoms with van der Waals surface area (Å²) < 4.78 is 8.25. The van der Waals surface area contributed by atoms with Crippen molar-refractivity contribution >= 4 is 16.8 Å². The molecule has 1 unspecified atom stereocenters. The molecule has 1 atom stereocenters. The van der Waals surface area contributed by atoms with E-state index in [9.17, 15) is 4.79 Å². The molecule has 0 saturated carbocycles. The molecule has 0 spiro atoms. The fourth-order valence-electron chi connectivity index (χ4n) is 4.57. The van der Waals surface area contributed by atoms with Crippen LogP contribution in [0, 0.1) is 13.8 Å². The number of carbonyl (C=O) groups is 1. The van der Waals surface area contributed by atoms with Crippen molar-refractivity contribution in [2.75, 3.05) is 19.7 Å². The molecule has 1 fully saturated rings. The molecule has 176 valence electrons. The van der Waals surface area contributed by atoms with Gasteiger partial charge in [0.15, 0.2) is 0 Å². The van der Waals surface area contributed by atoms with Gasteiger partial charge in [0.05, 0.1) is 29.1 Å². The Morgan fingerprint density at radius 2 is 1.97 bits per heavy atom. The average Bonchev–Trinajstić information content (AvgIpc) is 3.06. The van der Waals surface area contributed by atoms with E-state index in [-0.39, 0.29) is 18.1 Å². The minimum absolute atomic E-state index is 0.0625. The smallest absolute Gasteiger partial charge is 0.252 e. The Morgan fingerprint density at radius 1 is 1.21 bits per heavy atom. The number of hydrogen-bond acceptors (Lipinski definition) is 5. The highest BCUT2D eigenvalue weighted by atomic mass is 16.5. The zero-order valence-electron chi connectivity index (χ0n) is 20.6. The molecule has 0 bridgehead atoms. The van der Waals surface area contributed by atoms with Gasteiger partial charge < -0.3 is 10.1 Å². The van der Waals surface area contributed by atoms with Crippen LogP contribution in [0.4, 0.5) is 0 Å². The maximum absolute atomic E-state index is 12.9. The Morgan fingerprint density at radius 3 is 2.67 bits per heavy atom. The van der Waals surface area contributed by atoms with Gasteiger partial charge in [-0.05, 0) is 53.7 Å². The fourth-order valence-corrected chi connectivity index (χ4v) is 4.57. The predicted molar refractivity (Wildman–Crippen MR) is 130 cm³/mol. The van der Waals surface area contributed by atoms with Crippen molar-refractivity contribution < 1.29 is 9.53 Å². The number of ether oxygens (including phenoxy) is 1. The van der Waals surface area contributed by atoms with Crippen LogP contribution >= 0.6 is 0 Å². The number of para-hydroxylation sites is 1. The van der Waals surface area contributed by atoms with Crippen LogP contribution in [0.15, 0.2) is 30.3 Å². The number of hydrogen-bond donors (Lipinski definition) is 1. The van der Waals surface area contributed by atoms with Gasteiger partial charge in [0.1, 0.15) is 6.10 Å². The van der Waals surface area contributed by atoms with Gasteiger partial charge in [0.25, 0.3) is 5.91 Å². The molecule has 0 radical (unpaired) electrons. The lowest BCUT2D eigenvalue weighted by molar-refractivity contribution is -0.0349. The number of amides is 1. The van der Waals surface area contributed by atoms with Gasteiger partial charge in [-0.25, -0.2) is 4.98 Å². The van der Waals surface area contributed by atoms with Gasteiger partial charge in [-0.1, -0.05) is 18.2 Å². The molecule has 3 aromatic rings. The van der Waals surface area contributed by atoms with Crippen molar-refractivity contribution in [3.05, 3.63) is 58.5 Å². The first-order valence-corrected chi connectivity index (χ1v) is 11.8. The second-order valence-corrected chi connectivity index (χ2v) is 9.52. The van der Waals surface area contributed by atoms with Gasteiger partial charge >= 0.3 is 0 Å². The highest BCUT2D eigenvalue weighted by Crippen LogP contribution is 2.28. The molecular weight excluding hydrogens is 414 g/mol. The number of rotatable bonds is 6. The van der Waals surface area contributed by atoms with Gasteiger partial charge in [-0.3, -0.25) is 14.4 Å². The molecule has 1 aliphatic rings. The SMILES string of the molecule is Cc1nn(C(C)C)c(C)c1CN1CCOC(c2cc(C(=O)NC(C)C)c3ccccc3n2)C1. The number of aromatic nitrogens is 3. The summed E-state index contributed by atoms with van der Waals surface area (Å²) in [5.41, 5.74) is 5.86. The minimum Gasteiger partial charge on any atom is -0.369 e. The average molecular weight is 450 g/mol. The van der Waals surface area contributed by atoms with Crippen LogP contribution in [0.25, 0.3) is 10.9 Å². The van der Waals surface area contributed by atoms with Crippen molar-refractivity contribution in [3.8, 4) is 0 Å². The van der Waals surface area contributed by atoms with Crippen LogP contribution in [-0.4, -0.2) is 51.3 Å². The van der Waals surface area contributed by atoms with E-state index < -0.39 is 0 Å². The van der Waals surface area contributed by atoms with E-state index in [1.807, 2.05) is 44.2 Å². The van der Waals surface area contributed by atoms with Gasteiger partial charge in [0, 0.05) is 48.4 Å². The van der Waals surface area contributed by atoms with Crippen molar-refractivity contribution in [1.29, 1.82) is 0 Å². The summed E-state index contributed by atoms with van der Waals surface area (Å²) in [6.45, 7) is 15.5. The minimum atomic E-state index is -0.185. The van der Waals surface area contributed by atoms with Crippen LogP contribution in [0.5, 0.6) is 0 Å². The van der Waals surface area contributed by atoms with E-state index in [0.717, 1.165) is 41.9 Å². The van der Waals surface area contributed by atoms with Gasteiger partial charge in [-0.15, -0.1) is 0 Å². The number of fused-ring (bicyclic) bond motifs is 1. The molecule has 1 N–H and O–H groups in total. The maximum Gasteiger partial charge on any atom is 0.252 e. The Kier molecular flexibility index (Phi) is 6.81. The summed E-state index contributed by atoms with van der Waals surface area (Å²) in [6, 6.07) is 10.1. The number of nitrogens with one attached hydrogen (secondary N) is 1. The summed E-state index contributed by atoms with van der Waals surface area (Å²) in [6.07, 6.45) is -0.185. The third-order valence-corrected chi connectivity index (χ3v) is 6.23. The Labute approximate surface area is 196 Å². The first kappa shape index (κ1) is 23.4. The van der Waals surface area contributed by atoms with Crippen LogP contribution in [0.1, 0.15) is 72.8 Å². The fraction of sp³-hybridized carbons (Fsp3) is 0.500. The lowest BCUT2D eigenvalue weighted by Gasteiger charge is -2.33. The van der Waals surface area contributed by atoms with Gasteiger partial charge in [-0.2, -0.15) is 5.10 Å². The number of carbonyl (C=O) groups excluding carboxylic acids is 1. The molecule has 33 heavy (non-hydrogen) atoms. The van der Waals surface area contributed by atoms with Crippen molar-refractivity contribution in [2.45, 2.75) is 66.3 Å². The van der Waals surface area contributed by atoms with Crippen LogP contribution in [-0.2, 0) is 11.3 Å². The molecule has 7 nitrogen and oxygen atoms in total. The molecular formula is C26H35N5O2. The summed E-state index contributed by atoms with van der Waals surface area (Å²) in [5, 5.41) is 8.62. The molecule has 1 saturated heterocycles.